The largest absolute Gasteiger partial charge is 0.416 e. The first-order valence-electron chi connectivity index (χ1n) is 6.28. The van der Waals surface area contributed by atoms with Crippen LogP contribution < -0.4 is 4.90 Å². The second-order valence-electron chi connectivity index (χ2n) is 4.85. The second-order valence-corrected chi connectivity index (χ2v) is 4.85. The summed E-state index contributed by atoms with van der Waals surface area (Å²) < 4.78 is 38.1. The van der Waals surface area contributed by atoms with Crippen molar-refractivity contribution in [2.45, 2.75) is 6.18 Å². The summed E-state index contributed by atoms with van der Waals surface area (Å²) in [6.45, 7) is 0. The number of benzene rings is 2. The summed E-state index contributed by atoms with van der Waals surface area (Å²) in [7, 11) is 3.65. The fourth-order valence-corrected chi connectivity index (χ4v) is 1.93. The SMILES string of the molecule is CN(C)c1cccc(C(=O)c2cccc(C(F)(F)F)c2)c1. The Morgan fingerprint density at radius 1 is 0.952 bits per heavy atom. The topological polar surface area (TPSA) is 20.3 Å². The Morgan fingerprint density at radius 2 is 1.52 bits per heavy atom. The molecule has 21 heavy (non-hydrogen) atoms. The molecule has 0 aromatic heterocycles. The third-order valence-corrected chi connectivity index (χ3v) is 3.08. The van der Waals surface area contributed by atoms with Gasteiger partial charge in [0.2, 0.25) is 0 Å². The van der Waals surface area contributed by atoms with Gasteiger partial charge in [-0.25, -0.2) is 0 Å². The molecule has 0 radical (unpaired) electrons. The van der Waals surface area contributed by atoms with Crippen LogP contribution in [0.1, 0.15) is 21.5 Å². The number of halogens is 3. The summed E-state index contributed by atoms with van der Waals surface area (Å²) in [6.07, 6.45) is -4.46. The maximum Gasteiger partial charge on any atom is 0.416 e. The highest BCUT2D eigenvalue weighted by molar-refractivity contribution is 6.09. The molecule has 0 aliphatic rings. The zero-order chi connectivity index (χ0) is 15.6. The molecule has 0 aliphatic heterocycles. The van der Waals surface area contributed by atoms with Gasteiger partial charge in [-0.1, -0.05) is 24.3 Å². The van der Waals surface area contributed by atoms with Crippen LogP contribution in [0.5, 0.6) is 0 Å². The summed E-state index contributed by atoms with van der Waals surface area (Å²) >= 11 is 0. The number of alkyl halides is 3. The molecule has 2 aromatic rings. The van der Waals surface area contributed by atoms with E-state index >= 15 is 0 Å². The Labute approximate surface area is 120 Å². The highest BCUT2D eigenvalue weighted by Gasteiger charge is 2.30. The Balaban J connectivity index is 2.39. The number of hydrogen-bond donors (Lipinski definition) is 0. The predicted molar refractivity (Wildman–Crippen MR) is 75.6 cm³/mol. The lowest BCUT2D eigenvalue weighted by Gasteiger charge is -2.13. The number of ketones is 1. The summed E-state index contributed by atoms with van der Waals surface area (Å²) in [4.78, 5) is 14.1. The molecule has 0 heterocycles. The zero-order valence-electron chi connectivity index (χ0n) is 11.6. The van der Waals surface area contributed by atoms with Crippen LogP contribution >= 0.6 is 0 Å². The minimum absolute atomic E-state index is 0.0285. The van der Waals surface area contributed by atoms with E-state index in [9.17, 15) is 18.0 Å². The Bertz CT molecular complexity index is 663. The highest BCUT2D eigenvalue weighted by Crippen LogP contribution is 2.30. The number of rotatable bonds is 3. The normalized spacial score (nSPS) is 11.3. The average Bonchev–Trinajstić information content (AvgIpc) is 2.46. The fourth-order valence-electron chi connectivity index (χ4n) is 1.93. The van der Waals surface area contributed by atoms with Crippen LogP contribution in [0.4, 0.5) is 18.9 Å². The van der Waals surface area contributed by atoms with E-state index in [0.717, 1.165) is 17.8 Å². The van der Waals surface area contributed by atoms with Gasteiger partial charge in [0.05, 0.1) is 5.56 Å². The molecule has 0 fully saturated rings. The van der Waals surface area contributed by atoms with Gasteiger partial charge in [0.25, 0.3) is 0 Å². The predicted octanol–water partition coefficient (Wildman–Crippen LogP) is 4.00. The molecule has 0 amide bonds. The van der Waals surface area contributed by atoms with E-state index in [-0.39, 0.29) is 5.56 Å². The van der Waals surface area contributed by atoms with Crippen molar-refractivity contribution in [1.29, 1.82) is 0 Å². The molecule has 2 rings (SSSR count). The van der Waals surface area contributed by atoms with Crippen molar-refractivity contribution in [1.82, 2.24) is 0 Å². The zero-order valence-corrected chi connectivity index (χ0v) is 11.6. The van der Waals surface area contributed by atoms with Crippen LogP contribution in [0.25, 0.3) is 0 Å². The quantitative estimate of drug-likeness (QED) is 0.797. The van der Waals surface area contributed by atoms with Crippen LogP contribution in [0.15, 0.2) is 48.5 Å². The first-order chi connectivity index (χ1) is 9.79. The van der Waals surface area contributed by atoms with Crippen molar-refractivity contribution >= 4 is 11.5 Å². The molecular formula is C16H14F3NO. The van der Waals surface area contributed by atoms with Gasteiger partial charge in [0.1, 0.15) is 0 Å². The number of carbonyl (C=O) groups excluding carboxylic acids is 1. The van der Waals surface area contributed by atoms with E-state index in [1.54, 1.807) is 18.2 Å². The minimum Gasteiger partial charge on any atom is -0.378 e. The summed E-state index contributed by atoms with van der Waals surface area (Å²) in [5.74, 6) is -0.426. The number of hydrogen-bond acceptors (Lipinski definition) is 2. The first-order valence-corrected chi connectivity index (χ1v) is 6.28. The third kappa shape index (κ3) is 3.42. The Kier molecular flexibility index (Phi) is 4.02. The highest BCUT2D eigenvalue weighted by atomic mass is 19.4. The molecule has 0 saturated carbocycles. The maximum absolute atomic E-state index is 12.7. The molecule has 0 atom stereocenters. The van der Waals surface area contributed by atoms with Crippen molar-refractivity contribution in [3.8, 4) is 0 Å². The molecule has 0 bridgehead atoms. The molecule has 2 aromatic carbocycles. The van der Waals surface area contributed by atoms with Crippen molar-refractivity contribution in [2.24, 2.45) is 0 Å². The molecule has 5 heteroatoms. The lowest BCUT2D eigenvalue weighted by molar-refractivity contribution is -0.137. The van der Waals surface area contributed by atoms with Gasteiger partial charge in [-0.15, -0.1) is 0 Å². The van der Waals surface area contributed by atoms with Crippen molar-refractivity contribution in [3.63, 3.8) is 0 Å². The summed E-state index contributed by atoms with van der Waals surface area (Å²) in [5.41, 5.74) is 0.381. The van der Waals surface area contributed by atoms with E-state index in [0.29, 0.717) is 5.56 Å². The third-order valence-electron chi connectivity index (χ3n) is 3.08. The van der Waals surface area contributed by atoms with Crippen LogP contribution in [-0.2, 0) is 6.18 Å². The molecule has 0 unspecified atom stereocenters. The van der Waals surface area contributed by atoms with Crippen LogP contribution in [-0.4, -0.2) is 19.9 Å². The van der Waals surface area contributed by atoms with Crippen molar-refractivity contribution in [2.75, 3.05) is 19.0 Å². The standard InChI is InChI=1S/C16H14F3NO/c1-20(2)14-8-4-6-12(10-14)15(21)11-5-3-7-13(9-11)16(17,18)19/h3-10H,1-2H3. The first kappa shape index (κ1) is 15.1. The van der Waals surface area contributed by atoms with Gasteiger partial charge in [-0.05, 0) is 24.3 Å². The van der Waals surface area contributed by atoms with Gasteiger partial charge in [-0.2, -0.15) is 13.2 Å². The van der Waals surface area contributed by atoms with E-state index < -0.39 is 17.5 Å². The fraction of sp³-hybridized carbons (Fsp3) is 0.188. The van der Waals surface area contributed by atoms with Gasteiger partial charge in [0, 0.05) is 30.9 Å². The number of anilines is 1. The molecule has 2 nitrogen and oxygen atoms in total. The number of carbonyl (C=O) groups is 1. The van der Waals surface area contributed by atoms with E-state index in [1.165, 1.54) is 12.1 Å². The van der Waals surface area contributed by atoms with Gasteiger partial charge in [-0.3, -0.25) is 4.79 Å². The molecular weight excluding hydrogens is 279 g/mol. The van der Waals surface area contributed by atoms with E-state index in [1.807, 2.05) is 25.1 Å². The Hall–Kier alpha value is -2.30. The molecule has 0 spiro atoms. The van der Waals surface area contributed by atoms with Gasteiger partial charge >= 0.3 is 6.18 Å². The van der Waals surface area contributed by atoms with Gasteiger partial charge < -0.3 is 4.90 Å². The van der Waals surface area contributed by atoms with Crippen LogP contribution in [0.2, 0.25) is 0 Å². The van der Waals surface area contributed by atoms with Crippen molar-refractivity contribution in [3.05, 3.63) is 65.2 Å². The van der Waals surface area contributed by atoms with E-state index in [4.69, 9.17) is 0 Å². The smallest absolute Gasteiger partial charge is 0.378 e. The number of nitrogens with zero attached hydrogens (tertiary/aromatic N) is 1. The molecule has 0 N–H and O–H groups in total. The second kappa shape index (κ2) is 5.60. The monoisotopic (exact) mass is 293 g/mol. The summed E-state index contributed by atoms with van der Waals surface area (Å²) in [5, 5.41) is 0. The lowest BCUT2D eigenvalue weighted by Crippen LogP contribution is -2.11. The van der Waals surface area contributed by atoms with Crippen LogP contribution in [0, 0.1) is 0 Å². The maximum atomic E-state index is 12.7. The molecule has 110 valence electrons. The average molecular weight is 293 g/mol. The summed E-state index contributed by atoms with van der Waals surface area (Å²) in [6, 6.07) is 11.2. The Morgan fingerprint density at radius 3 is 2.10 bits per heavy atom. The minimum atomic E-state index is -4.46. The molecule has 0 aliphatic carbocycles. The molecule has 0 saturated heterocycles. The van der Waals surface area contributed by atoms with E-state index in [2.05, 4.69) is 0 Å². The van der Waals surface area contributed by atoms with Gasteiger partial charge in [0.15, 0.2) is 5.78 Å². The lowest BCUT2D eigenvalue weighted by atomic mass is 10.0. The van der Waals surface area contributed by atoms with Crippen LogP contribution in [0.3, 0.4) is 0 Å². The van der Waals surface area contributed by atoms with Crippen molar-refractivity contribution < 1.29 is 18.0 Å².